The lowest BCUT2D eigenvalue weighted by molar-refractivity contribution is -0.149. The molecule has 0 aromatic heterocycles. The number of carbonyl (C=O) groups is 2. The van der Waals surface area contributed by atoms with Crippen LogP contribution >= 0.6 is 22.6 Å². The zero-order valence-electron chi connectivity index (χ0n) is 11.8. The molecule has 1 fully saturated rings. The summed E-state index contributed by atoms with van der Waals surface area (Å²) in [5.74, 6) is -0.545. The third kappa shape index (κ3) is 3.87. The Balaban J connectivity index is 2.08. The van der Waals surface area contributed by atoms with E-state index in [9.17, 15) is 14.7 Å². The van der Waals surface area contributed by atoms with Crippen molar-refractivity contribution in [1.29, 1.82) is 0 Å². The first-order chi connectivity index (χ1) is 10.0. The van der Waals surface area contributed by atoms with Crippen LogP contribution in [0.3, 0.4) is 0 Å². The van der Waals surface area contributed by atoms with Gasteiger partial charge >= 0.3 is 5.97 Å². The van der Waals surface area contributed by atoms with E-state index < -0.39 is 0 Å². The van der Waals surface area contributed by atoms with Gasteiger partial charge in [-0.15, -0.1) is 0 Å². The summed E-state index contributed by atoms with van der Waals surface area (Å²) in [5, 5.41) is 9.71. The lowest BCUT2D eigenvalue weighted by Gasteiger charge is -2.31. The van der Waals surface area contributed by atoms with Crippen molar-refractivity contribution in [1.82, 2.24) is 4.90 Å². The predicted molar refractivity (Wildman–Crippen MR) is 86.1 cm³/mol. The highest BCUT2D eigenvalue weighted by molar-refractivity contribution is 14.1. The molecule has 1 unspecified atom stereocenters. The van der Waals surface area contributed by atoms with Gasteiger partial charge in [-0.25, -0.2) is 0 Å². The quantitative estimate of drug-likeness (QED) is 0.622. The van der Waals surface area contributed by atoms with Gasteiger partial charge in [0.1, 0.15) is 5.75 Å². The number of phenolic OH excluding ortho intramolecular Hbond substituents is 1. The number of hydrogen-bond acceptors (Lipinski definition) is 4. The minimum absolute atomic E-state index is 0.0976. The zero-order chi connectivity index (χ0) is 15.4. The van der Waals surface area contributed by atoms with Crippen molar-refractivity contribution in [3.63, 3.8) is 0 Å². The third-order valence-electron chi connectivity index (χ3n) is 3.52. The predicted octanol–water partition coefficient (Wildman–Crippen LogP) is 2.41. The SMILES string of the molecule is CCOC(=O)C1CCCN(C(=O)c2ccc(I)c(O)c2)C1. The van der Waals surface area contributed by atoms with Crippen LogP contribution in [0.15, 0.2) is 18.2 Å². The lowest BCUT2D eigenvalue weighted by Crippen LogP contribution is -2.42. The molecule has 1 amide bonds. The zero-order valence-corrected chi connectivity index (χ0v) is 14.0. The van der Waals surface area contributed by atoms with Gasteiger partial charge in [-0.1, -0.05) is 0 Å². The second-order valence-corrected chi connectivity index (χ2v) is 6.17. The van der Waals surface area contributed by atoms with E-state index in [4.69, 9.17) is 4.74 Å². The molecule has 1 atom stereocenters. The van der Waals surface area contributed by atoms with Gasteiger partial charge in [-0.2, -0.15) is 0 Å². The molecular formula is C15H18INO4. The largest absolute Gasteiger partial charge is 0.507 e. The number of ether oxygens (including phenoxy) is 1. The smallest absolute Gasteiger partial charge is 0.310 e. The van der Waals surface area contributed by atoms with Gasteiger partial charge in [-0.05, 0) is 60.6 Å². The van der Waals surface area contributed by atoms with Crippen LogP contribution < -0.4 is 0 Å². The maximum absolute atomic E-state index is 12.4. The van der Waals surface area contributed by atoms with Crippen LogP contribution in [0, 0.1) is 9.49 Å². The highest BCUT2D eigenvalue weighted by atomic mass is 127. The highest BCUT2D eigenvalue weighted by Crippen LogP contribution is 2.24. The number of carbonyl (C=O) groups excluding carboxylic acids is 2. The van der Waals surface area contributed by atoms with Gasteiger partial charge < -0.3 is 14.7 Å². The molecule has 1 N–H and O–H groups in total. The van der Waals surface area contributed by atoms with Crippen molar-refractivity contribution >= 4 is 34.5 Å². The van der Waals surface area contributed by atoms with Gasteiger partial charge in [0, 0.05) is 18.7 Å². The molecule has 6 heteroatoms. The van der Waals surface area contributed by atoms with Gasteiger partial charge in [0.25, 0.3) is 5.91 Å². The van der Waals surface area contributed by atoms with Crippen molar-refractivity contribution in [3.8, 4) is 5.75 Å². The van der Waals surface area contributed by atoms with Crippen molar-refractivity contribution in [3.05, 3.63) is 27.3 Å². The van der Waals surface area contributed by atoms with Crippen LogP contribution in [0.1, 0.15) is 30.1 Å². The average molecular weight is 403 g/mol. The Kier molecular flexibility index (Phi) is 5.44. The van der Waals surface area contributed by atoms with E-state index in [1.54, 1.807) is 24.0 Å². The minimum atomic E-state index is -0.250. The van der Waals surface area contributed by atoms with E-state index in [0.29, 0.717) is 28.8 Å². The summed E-state index contributed by atoms with van der Waals surface area (Å²) in [5.41, 5.74) is 0.442. The number of nitrogens with zero attached hydrogens (tertiary/aromatic N) is 1. The van der Waals surface area contributed by atoms with E-state index in [0.717, 1.165) is 12.8 Å². The van der Waals surface area contributed by atoms with E-state index >= 15 is 0 Å². The van der Waals surface area contributed by atoms with E-state index in [2.05, 4.69) is 0 Å². The molecule has 114 valence electrons. The molecule has 1 aliphatic heterocycles. The van der Waals surface area contributed by atoms with Crippen molar-refractivity contribution in [2.24, 2.45) is 5.92 Å². The molecule has 1 aromatic rings. The Morgan fingerprint density at radius 3 is 2.90 bits per heavy atom. The van der Waals surface area contributed by atoms with Crippen LogP contribution in [0.5, 0.6) is 5.75 Å². The molecule has 1 aliphatic rings. The summed E-state index contributed by atoms with van der Waals surface area (Å²) < 4.78 is 5.73. The van der Waals surface area contributed by atoms with Crippen LogP contribution in [-0.2, 0) is 9.53 Å². The van der Waals surface area contributed by atoms with Gasteiger partial charge in [-0.3, -0.25) is 9.59 Å². The molecule has 0 bridgehead atoms. The summed E-state index contributed by atoms with van der Waals surface area (Å²) >= 11 is 2.00. The van der Waals surface area contributed by atoms with Gasteiger partial charge in [0.15, 0.2) is 0 Å². The number of esters is 1. The first-order valence-corrected chi connectivity index (χ1v) is 8.05. The number of amides is 1. The fourth-order valence-corrected chi connectivity index (χ4v) is 2.78. The molecule has 0 aliphatic carbocycles. The molecular weight excluding hydrogens is 385 g/mol. The first-order valence-electron chi connectivity index (χ1n) is 6.97. The number of rotatable bonds is 3. The molecule has 1 saturated heterocycles. The summed E-state index contributed by atoms with van der Waals surface area (Å²) in [7, 11) is 0. The van der Waals surface area contributed by atoms with E-state index in [1.165, 1.54) is 6.07 Å². The number of phenols is 1. The Morgan fingerprint density at radius 2 is 2.24 bits per heavy atom. The topological polar surface area (TPSA) is 66.8 Å². The summed E-state index contributed by atoms with van der Waals surface area (Å²) in [6.07, 6.45) is 1.53. The standard InChI is InChI=1S/C15H18INO4/c1-2-21-15(20)11-4-3-7-17(9-11)14(19)10-5-6-12(16)13(18)8-10/h5-6,8,11,18H,2-4,7,9H2,1H3. The molecule has 0 radical (unpaired) electrons. The molecule has 2 rings (SSSR count). The van der Waals surface area contributed by atoms with E-state index in [1.807, 2.05) is 22.6 Å². The fraction of sp³-hybridized carbons (Fsp3) is 0.467. The number of halogens is 1. The maximum Gasteiger partial charge on any atom is 0.310 e. The molecule has 5 nitrogen and oxygen atoms in total. The number of piperidine rings is 1. The normalized spacial score (nSPS) is 18.4. The van der Waals surface area contributed by atoms with Crippen LogP contribution in [0.4, 0.5) is 0 Å². The second-order valence-electron chi connectivity index (χ2n) is 5.01. The van der Waals surface area contributed by atoms with Crippen molar-refractivity contribution in [2.45, 2.75) is 19.8 Å². The molecule has 0 saturated carbocycles. The first kappa shape index (κ1) is 16.1. The summed E-state index contributed by atoms with van der Waals surface area (Å²) in [6, 6.07) is 4.87. The monoisotopic (exact) mass is 403 g/mol. The summed E-state index contributed by atoms with van der Waals surface area (Å²) in [6.45, 7) is 3.14. The molecule has 1 aromatic carbocycles. The Bertz CT molecular complexity index is 546. The van der Waals surface area contributed by atoms with Crippen molar-refractivity contribution < 1.29 is 19.4 Å². The second kappa shape index (κ2) is 7.11. The maximum atomic E-state index is 12.4. The summed E-state index contributed by atoms with van der Waals surface area (Å²) in [4.78, 5) is 25.9. The van der Waals surface area contributed by atoms with E-state index in [-0.39, 0.29) is 23.5 Å². The third-order valence-corrected chi connectivity index (χ3v) is 4.43. The Morgan fingerprint density at radius 1 is 1.48 bits per heavy atom. The lowest BCUT2D eigenvalue weighted by atomic mass is 9.97. The number of benzene rings is 1. The minimum Gasteiger partial charge on any atom is -0.507 e. The van der Waals surface area contributed by atoms with Crippen LogP contribution in [0.25, 0.3) is 0 Å². The van der Waals surface area contributed by atoms with Gasteiger partial charge in [0.2, 0.25) is 0 Å². The number of aromatic hydroxyl groups is 1. The molecule has 1 heterocycles. The Hall–Kier alpha value is -1.31. The fourth-order valence-electron chi connectivity index (χ4n) is 2.44. The molecule has 0 spiro atoms. The van der Waals surface area contributed by atoms with Crippen molar-refractivity contribution in [2.75, 3.05) is 19.7 Å². The number of likely N-dealkylation sites (tertiary alicyclic amines) is 1. The average Bonchev–Trinajstić information content (AvgIpc) is 2.49. The molecule has 21 heavy (non-hydrogen) atoms. The van der Waals surface area contributed by atoms with Gasteiger partial charge in [0.05, 0.1) is 16.1 Å². The number of hydrogen-bond donors (Lipinski definition) is 1. The van der Waals surface area contributed by atoms with Crippen LogP contribution in [0.2, 0.25) is 0 Å². The highest BCUT2D eigenvalue weighted by Gasteiger charge is 2.29. The van der Waals surface area contributed by atoms with Crippen LogP contribution in [-0.4, -0.2) is 41.6 Å². The Labute approximate surface area is 137 Å².